The summed E-state index contributed by atoms with van der Waals surface area (Å²) in [5, 5.41) is 7.53. The van der Waals surface area contributed by atoms with Crippen molar-refractivity contribution in [3.8, 4) is 0 Å². The highest BCUT2D eigenvalue weighted by Crippen LogP contribution is 2.26. The minimum atomic E-state index is -2.98. The molecule has 0 unspecified atom stereocenters. The number of rotatable bonds is 5. The van der Waals surface area contributed by atoms with Crippen molar-refractivity contribution < 1.29 is 13.2 Å². The van der Waals surface area contributed by atoms with Gasteiger partial charge in [-0.1, -0.05) is 6.92 Å². The predicted molar refractivity (Wildman–Crippen MR) is 96.6 cm³/mol. The first-order valence-corrected chi connectivity index (χ1v) is 10.9. The number of sulfone groups is 1. The van der Waals surface area contributed by atoms with Crippen molar-refractivity contribution in [2.24, 2.45) is 0 Å². The largest absolute Gasteiger partial charge is 0.350 e. The molecular weight excluding hydrogens is 340 g/mol. The topological polar surface area (TPSA) is 84.3 Å². The van der Waals surface area contributed by atoms with E-state index in [1.54, 1.807) is 4.68 Å². The van der Waals surface area contributed by atoms with E-state index in [1.165, 1.54) is 6.42 Å². The molecule has 2 fully saturated rings. The molecule has 25 heavy (non-hydrogen) atoms. The maximum absolute atomic E-state index is 12.7. The van der Waals surface area contributed by atoms with Crippen molar-refractivity contribution in [2.45, 2.75) is 52.1 Å². The van der Waals surface area contributed by atoms with Gasteiger partial charge in [-0.25, -0.2) is 8.42 Å². The van der Waals surface area contributed by atoms with E-state index in [4.69, 9.17) is 0 Å². The molecule has 0 saturated carbocycles. The van der Waals surface area contributed by atoms with Crippen LogP contribution in [0.25, 0.3) is 0 Å². The number of hydrogen-bond donors (Lipinski definition) is 1. The zero-order valence-corrected chi connectivity index (χ0v) is 16.1. The molecule has 0 aliphatic carbocycles. The fourth-order valence-corrected chi connectivity index (χ4v) is 5.85. The Bertz CT molecular complexity index is 756. The first-order chi connectivity index (χ1) is 11.8. The molecule has 2 aliphatic rings. The number of hydrogen-bond acceptors (Lipinski definition) is 5. The van der Waals surface area contributed by atoms with Gasteiger partial charge >= 0.3 is 0 Å². The van der Waals surface area contributed by atoms with Crippen LogP contribution in [0.4, 0.5) is 0 Å². The summed E-state index contributed by atoms with van der Waals surface area (Å²) in [6.07, 6.45) is 2.87. The van der Waals surface area contributed by atoms with Gasteiger partial charge in [0.2, 0.25) is 0 Å². The highest BCUT2D eigenvalue weighted by Gasteiger charge is 2.32. The smallest absolute Gasteiger partial charge is 0.255 e. The van der Waals surface area contributed by atoms with Crippen LogP contribution in [0.15, 0.2) is 0 Å². The van der Waals surface area contributed by atoms with Crippen LogP contribution in [0.2, 0.25) is 0 Å². The van der Waals surface area contributed by atoms with E-state index >= 15 is 0 Å². The molecule has 1 aromatic rings. The van der Waals surface area contributed by atoms with Crippen LogP contribution in [0.3, 0.4) is 0 Å². The van der Waals surface area contributed by atoms with Crippen LogP contribution < -0.4 is 5.32 Å². The van der Waals surface area contributed by atoms with Crippen molar-refractivity contribution in [3.05, 3.63) is 17.0 Å². The van der Waals surface area contributed by atoms with Gasteiger partial charge in [-0.05, 0) is 46.2 Å². The van der Waals surface area contributed by atoms with E-state index in [0.29, 0.717) is 30.3 Å². The summed E-state index contributed by atoms with van der Waals surface area (Å²) in [6.45, 7) is 8.57. The average Bonchev–Trinajstić information content (AvgIpc) is 3.22. The Morgan fingerprint density at radius 3 is 2.72 bits per heavy atom. The molecule has 0 bridgehead atoms. The van der Waals surface area contributed by atoms with E-state index in [0.717, 1.165) is 25.2 Å². The summed E-state index contributed by atoms with van der Waals surface area (Å²) in [4.78, 5) is 15.1. The standard InChI is InChI=1S/C17H28N4O3S/c1-4-20-8-5-6-14(20)10-18-17(22)16-12(2)19-21(13(16)3)15-7-9-25(23,24)11-15/h14-15H,4-11H2,1-3H3,(H,18,22)/t14-,15-/m0/s1. The van der Waals surface area contributed by atoms with Crippen molar-refractivity contribution >= 4 is 15.7 Å². The molecule has 2 saturated heterocycles. The van der Waals surface area contributed by atoms with Gasteiger partial charge in [0.1, 0.15) is 0 Å². The van der Waals surface area contributed by atoms with E-state index in [2.05, 4.69) is 22.2 Å². The maximum atomic E-state index is 12.7. The average molecular weight is 369 g/mol. The molecule has 1 aromatic heterocycles. The molecule has 7 nitrogen and oxygen atoms in total. The van der Waals surface area contributed by atoms with Crippen LogP contribution in [0.5, 0.6) is 0 Å². The number of amides is 1. The molecule has 3 heterocycles. The lowest BCUT2D eigenvalue weighted by Crippen LogP contribution is -2.40. The summed E-state index contributed by atoms with van der Waals surface area (Å²) < 4.78 is 25.2. The minimum Gasteiger partial charge on any atom is -0.350 e. The monoisotopic (exact) mass is 368 g/mol. The molecular formula is C17H28N4O3S. The van der Waals surface area contributed by atoms with E-state index < -0.39 is 9.84 Å². The number of likely N-dealkylation sites (N-methyl/N-ethyl adjacent to an activating group) is 1. The normalized spacial score (nSPS) is 26.2. The molecule has 2 atom stereocenters. The highest BCUT2D eigenvalue weighted by atomic mass is 32.2. The molecule has 1 amide bonds. The van der Waals surface area contributed by atoms with E-state index in [9.17, 15) is 13.2 Å². The van der Waals surface area contributed by atoms with E-state index in [-0.39, 0.29) is 23.5 Å². The Balaban J connectivity index is 1.71. The van der Waals surface area contributed by atoms with Crippen molar-refractivity contribution in [2.75, 3.05) is 31.1 Å². The van der Waals surface area contributed by atoms with E-state index in [1.807, 2.05) is 13.8 Å². The zero-order chi connectivity index (χ0) is 18.2. The summed E-state index contributed by atoms with van der Waals surface area (Å²) in [7, 11) is -2.98. The predicted octanol–water partition coefficient (Wildman–Crippen LogP) is 1.07. The highest BCUT2D eigenvalue weighted by molar-refractivity contribution is 7.91. The number of aryl methyl sites for hydroxylation is 1. The second kappa shape index (κ2) is 7.07. The summed E-state index contributed by atoms with van der Waals surface area (Å²) >= 11 is 0. The fourth-order valence-electron chi connectivity index (χ4n) is 4.16. The quantitative estimate of drug-likeness (QED) is 0.840. The molecule has 0 spiro atoms. The van der Waals surface area contributed by atoms with Gasteiger partial charge in [0, 0.05) is 18.3 Å². The number of carbonyl (C=O) groups excluding carboxylic acids is 1. The molecule has 140 valence electrons. The maximum Gasteiger partial charge on any atom is 0.255 e. The third kappa shape index (κ3) is 3.74. The van der Waals surface area contributed by atoms with Crippen LogP contribution in [0, 0.1) is 13.8 Å². The molecule has 3 rings (SSSR count). The first-order valence-electron chi connectivity index (χ1n) is 9.10. The van der Waals surface area contributed by atoms with Crippen LogP contribution in [-0.4, -0.2) is 66.2 Å². The number of nitrogens with zero attached hydrogens (tertiary/aromatic N) is 3. The van der Waals surface area contributed by atoms with Gasteiger partial charge in [-0.15, -0.1) is 0 Å². The lowest BCUT2D eigenvalue weighted by molar-refractivity contribution is 0.0940. The minimum absolute atomic E-state index is 0.106. The number of nitrogens with one attached hydrogen (secondary N) is 1. The molecule has 8 heteroatoms. The third-order valence-corrected chi connectivity index (χ3v) is 7.26. The second-order valence-electron chi connectivity index (χ2n) is 7.18. The first kappa shape index (κ1) is 18.4. The Labute approximate surface area is 149 Å². The fraction of sp³-hybridized carbons (Fsp3) is 0.765. The molecule has 0 aromatic carbocycles. The Kier molecular flexibility index (Phi) is 5.20. The van der Waals surface area contributed by atoms with Gasteiger partial charge in [0.05, 0.1) is 28.8 Å². The molecule has 1 N–H and O–H groups in total. The lowest BCUT2D eigenvalue weighted by Gasteiger charge is -2.22. The zero-order valence-electron chi connectivity index (χ0n) is 15.3. The van der Waals surface area contributed by atoms with Crippen molar-refractivity contribution in [1.29, 1.82) is 0 Å². The Morgan fingerprint density at radius 2 is 2.08 bits per heavy atom. The summed E-state index contributed by atoms with van der Waals surface area (Å²) in [5.74, 6) is 0.209. The molecule has 0 radical (unpaired) electrons. The second-order valence-corrected chi connectivity index (χ2v) is 9.41. The van der Waals surface area contributed by atoms with Crippen molar-refractivity contribution in [1.82, 2.24) is 20.0 Å². The van der Waals surface area contributed by atoms with Gasteiger partial charge in [-0.3, -0.25) is 14.4 Å². The van der Waals surface area contributed by atoms with Crippen LogP contribution in [-0.2, 0) is 9.84 Å². The van der Waals surface area contributed by atoms with Crippen LogP contribution >= 0.6 is 0 Å². The Morgan fingerprint density at radius 1 is 1.32 bits per heavy atom. The number of aromatic nitrogens is 2. The Hall–Kier alpha value is -1.41. The van der Waals surface area contributed by atoms with Crippen molar-refractivity contribution in [3.63, 3.8) is 0 Å². The summed E-state index contributed by atoms with van der Waals surface area (Å²) in [5.41, 5.74) is 2.01. The number of likely N-dealkylation sites (tertiary alicyclic amines) is 1. The summed E-state index contributed by atoms with van der Waals surface area (Å²) in [6, 6.07) is 0.250. The SMILES string of the molecule is CCN1CCC[C@H]1CNC(=O)c1c(C)nn([C@H]2CCS(=O)(=O)C2)c1C. The number of carbonyl (C=O) groups is 1. The third-order valence-electron chi connectivity index (χ3n) is 5.51. The van der Waals surface area contributed by atoms with Gasteiger partial charge in [0.15, 0.2) is 9.84 Å². The van der Waals surface area contributed by atoms with Gasteiger partial charge < -0.3 is 5.32 Å². The van der Waals surface area contributed by atoms with Gasteiger partial charge in [-0.2, -0.15) is 5.10 Å². The van der Waals surface area contributed by atoms with Crippen LogP contribution in [0.1, 0.15) is 54.0 Å². The molecule has 2 aliphatic heterocycles. The lowest BCUT2D eigenvalue weighted by atomic mass is 10.1. The van der Waals surface area contributed by atoms with Gasteiger partial charge in [0.25, 0.3) is 5.91 Å².